The van der Waals surface area contributed by atoms with Gasteiger partial charge in [-0.25, -0.2) is 8.42 Å². The Kier molecular flexibility index (Phi) is 9.20. The molecule has 1 atom stereocenters. The van der Waals surface area contributed by atoms with Crippen LogP contribution < -0.4 is 4.90 Å². The molecule has 7 heteroatoms. The first-order valence-electron chi connectivity index (χ1n) is 18.3. The van der Waals surface area contributed by atoms with E-state index in [1.54, 1.807) is 12.1 Å². The standard InChI is InChI=1S/C45H43Br2N2O2S/c1-5-48-35(28-39-37-21-18-33(46)26-31(37)15-23-40(39)48)20-14-29-12-13-30(44(29)52(50,51)36-10-8-7-9-11-36)17-25-42-45(3,4)43-38-22-19-34(47)27-32(38)16-24-41(43)49(42)6-2/h7-11,15-27,29H,5-6,12-14,28H2,1-4H3/q+1/b25-17+,35-20+. The van der Waals surface area contributed by atoms with Crippen LogP contribution in [0.25, 0.3) is 21.5 Å². The van der Waals surface area contributed by atoms with E-state index in [1.165, 1.54) is 55.5 Å². The lowest BCUT2D eigenvalue weighted by molar-refractivity contribution is -0.433. The Hall–Kier alpha value is -3.78. The summed E-state index contributed by atoms with van der Waals surface area (Å²) in [5.74, 6) is -0.101. The number of allylic oxidation sites excluding steroid dienone is 6. The van der Waals surface area contributed by atoms with E-state index in [1.807, 2.05) is 18.2 Å². The predicted octanol–water partition coefficient (Wildman–Crippen LogP) is 12.0. The monoisotopic (exact) mass is 833 g/mol. The molecular weight excluding hydrogens is 792 g/mol. The van der Waals surface area contributed by atoms with Gasteiger partial charge in [-0.05, 0) is 134 Å². The third-order valence-electron chi connectivity index (χ3n) is 11.4. The normalized spacial score (nSPS) is 19.2. The fourth-order valence-electron chi connectivity index (χ4n) is 9.00. The molecule has 0 aromatic heterocycles. The van der Waals surface area contributed by atoms with Gasteiger partial charge in [0.2, 0.25) is 15.5 Å². The smallest absolute Gasteiger partial charge is 0.210 e. The third kappa shape index (κ3) is 5.84. The molecule has 0 radical (unpaired) electrons. The number of benzene rings is 5. The van der Waals surface area contributed by atoms with Crippen molar-refractivity contribution in [3.63, 3.8) is 0 Å². The van der Waals surface area contributed by atoms with Crippen molar-refractivity contribution < 1.29 is 13.0 Å². The van der Waals surface area contributed by atoms with Crippen LogP contribution in [-0.4, -0.2) is 31.8 Å². The zero-order valence-electron chi connectivity index (χ0n) is 30.1. The summed E-state index contributed by atoms with van der Waals surface area (Å²) in [6, 6.07) is 30.9. The van der Waals surface area contributed by atoms with Gasteiger partial charge in [0.25, 0.3) is 0 Å². The summed E-state index contributed by atoms with van der Waals surface area (Å²) in [6.45, 7) is 10.7. The summed E-state index contributed by atoms with van der Waals surface area (Å²) in [5, 5.41) is 4.97. The molecule has 0 bridgehead atoms. The van der Waals surface area contributed by atoms with Crippen molar-refractivity contribution in [2.75, 3.05) is 18.0 Å². The van der Waals surface area contributed by atoms with Crippen LogP contribution in [-0.2, 0) is 21.7 Å². The number of rotatable bonds is 8. The summed E-state index contributed by atoms with van der Waals surface area (Å²) in [5.41, 5.74) is 8.25. The first-order chi connectivity index (χ1) is 25.0. The second kappa shape index (κ2) is 13.6. The zero-order valence-corrected chi connectivity index (χ0v) is 34.1. The Balaban J connectivity index is 1.18. The molecule has 8 rings (SSSR count). The predicted molar refractivity (Wildman–Crippen MR) is 224 cm³/mol. The quantitative estimate of drug-likeness (QED) is 0.146. The maximum absolute atomic E-state index is 14.6. The molecule has 0 saturated carbocycles. The van der Waals surface area contributed by atoms with Crippen LogP contribution in [0, 0.1) is 5.92 Å². The number of likely N-dealkylation sites (N-methyl/N-ethyl adjacent to an activating group) is 1. The van der Waals surface area contributed by atoms with Crippen LogP contribution in [0.15, 0.2) is 139 Å². The van der Waals surface area contributed by atoms with Gasteiger partial charge in [0.1, 0.15) is 6.54 Å². The van der Waals surface area contributed by atoms with Gasteiger partial charge in [-0.3, -0.25) is 0 Å². The Labute approximate surface area is 324 Å². The molecule has 2 heterocycles. The van der Waals surface area contributed by atoms with Crippen molar-refractivity contribution >= 4 is 80.3 Å². The minimum Gasteiger partial charge on any atom is -0.345 e. The van der Waals surface area contributed by atoms with E-state index < -0.39 is 9.84 Å². The van der Waals surface area contributed by atoms with Crippen LogP contribution in [0.4, 0.5) is 11.4 Å². The third-order valence-corrected chi connectivity index (χ3v) is 14.4. The molecule has 1 unspecified atom stereocenters. The number of sulfone groups is 1. The molecule has 2 aliphatic heterocycles. The van der Waals surface area contributed by atoms with Crippen LogP contribution in [0.3, 0.4) is 0 Å². The second-order valence-corrected chi connectivity index (χ2v) is 18.4. The summed E-state index contributed by atoms with van der Waals surface area (Å²) >= 11 is 7.28. The van der Waals surface area contributed by atoms with E-state index in [2.05, 4.69) is 148 Å². The fraction of sp³-hybridized carbons (Fsp3) is 0.267. The summed E-state index contributed by atoms with van der Waals surface area (Å²) in [6.07, 6.45) is 9.71. The molecule has 0 fully saturated rings. The highest BCUT2D eigenvalue weighted by atomic mass is 79.9. The van der Waals surface area contributed by atoms with E-state index in [4.69, 9.17) is 0 Å². The van der Waals surface area contributed by atoms with Gasteiger partial charge >= 0.3 is 0 Å². The highest BCUT2D eigenvalue weighted by Gasteiger charge is 2.45. The number of anilines is 1. The lowest BCUT2D eigenvalue weighted by Gasteiger charge is -2.21. The number of halogens is 2. The molecule has 0 amide bonds. The minimum absolute atomic E-state index is 0.101. The highest BCUT2D eigenvalue weighted by Crippen LogP contribution is 2.47. The Morgan fingerprint density at radius 3 is 2.27 bits per heavy atom. The second-order valence-electron chi connectivity index (χ2n) is 14.6. The highest BCUT2D eigenvalue weighted by molar-refractivity contribution is 9.10. The van der Waals surface area contributed by atoms with Crippen molar-refractivity contribution in [2.45, 2.75) is 63.7 Å². The fourth-order valence-corrected chi connectivity index (χ4v) is 11.7. The van der Waals surface area contributed by atoms with Gasteiger partial charge in [-0.1, -0.05) is 80.4 Å². The number of fused-ring (bicyclic) bond motifs is 6. The molecule has 5 aromatic carbocycles. The Bertz CT molecular complexity index is 2510. The lowest BCUT2D eigenvalue weighted by atomic mass is 9.79. The van der Waals surface area contributed by atoms with Crippen LogP contribution >= 0.6 is 31.9 Å². The molecule has 1 aliphatic carbocycles. The number of hydrogen-bond donors (Lipinski definition) is 0. The maximum Gasteiger partial charge on any atom is 0.210 e. The largest absolute Gasteiger partial charge is 0.345 e. The van der Waals surface area contributed by atoms with E-state index >= 15 is 0 Å². The first-order valence-corrected chi connectivity index (χ1v) is 21.4. The van der Waals surface area contributed by atoms with Crippen molar-refractivity contribution in [2.24, 2.45) is 5.92 Å². The van der Waals surface area contributed by atoms with Crippen molar-refractivity contribution in [3.05, 3.63) is 145 Å². The van der Waals surface area contributed by atoms with Gasteiger partial charge in [-0.2, -0.15) is 4.58 Å². The van der Waals surface area contributed by atoms with Crippen molar-refractivity contribution in [1.29, 1.82) is 0 Å². The molecule has 4 nitrogen and oxygen atoms in total. The van der Waals surface area contributed by atoms with Crippen LogP contribution in [0.1, 0.15) is 58.1 Å². The average molecular weight is 836 g/mol. The molecule has 52 heavy (non-hydrogen) atoms. The molecule has 264 valence electrons. The number of nitrogens with zero attached hydrogens (tertiary/aromatic N) is 2. The van der Waals surface area contributed by atoms with E-state index in [-0.39, 0.29) is 11.3 Å². The van der Waals surface area contributed by atoms with Gasteiger partial charge in [0.05, 0.1) is 15.2 Å². The van der Waals surface area contributed by atoms with Crippen LogP contribution in [0.5, 0.6) is 0 Å². The molecule has 0 saturated heterocycles. The van der Waals surface area contributed by atoms with Crippen molar-refractivity contribution in [3.8, 4) is 0 Å². The SMILES string of the molecule is CCN1/C(=C/CC2CCC(/C=C/C3=[N+](CC)c4ccc5cc(Br)ccc5c4C3(C)C)=C2S(=O)(=O)c2ccccc2)Cc2c1ccc1cc(Br)ccc21. The first kappa shape index (κ1) is 35.3. The van der Waals surface area contributed by atoms with Crippen molar-refractivity contribution in [1.82, 2.24) is 0 Å². The van der Waals surface area contributed by atoms with Gasteiger partial charge in [0.15, 0.2) is 5.71 Å². The number of hydrogen-bond acceptors (Lipinski definition) is 3. The van der Waals surface area contributed by atoms with E-state index in [9.17, 15) is 8.42 Å². The lowest BCUT2D eigenvalue weighted by Crippen LogP contribution is -2.27. The minimum atomic E-state index is -3.71. The average Bonchev–Trinajstić information content (AvgIpc) is 3.79. The van der Waals surface area contributed by atoms with Gasteiger partial charge in [-0.15, -0.1) is 0 Å². The topological polar surface area (TPSA) is 40.4 Å². The molecular formula is C45H43Br2N2O2S+. The van der Waals surface area contributed by atoms with Gasteiger partial charge < -0.3 is 4.90 Å². The van der Waals surface area contributed by atoms with E-state index in [0.717, 1.165) is 46.9 Å². The Morgan fingerprint density at radius 2 is 1.56 bits per heavy atom. The van der Waals surface area contributed by atoms with Crippen LogP contribution in [0.2, 0.25) is 0 Å². The molecule has 5 aromatic rings. The molecule has 3 aliphatic rings. The van der Waals surface area contributed by atoms with E-state index in [0.29, 0.717) is 16.2 Å². The summed E-state index contributed by atoms with van der Waals surface area (Å²) in [4.78, 5) is 3.35. The summed E-state index contributed by atoms with van der Waals surface area (Å²) in [7, 11) is -3.71. The zero-order chi connectivity index (χ0) is 36.4. The van der Waals surface area contributed by atoms with Gasteiger partial charge in [0, 0.05) is 51.0 Å². The maximum atomic E-state index is 14.6. The molecule has 0 N–H and O–H groups in total. The Morgan fingerprint density at radius 1 is 0.865 bits per heavy atom. The summed E-state index contributed by atoms with van der Waals surface area (Å²) < 4.78 is 33.7. The molecule has 0 spiro atoms.